The molecule has 0 bridgehead atoms. The molecule has 1 aromatic heterocycles. The summed E-state index contributed by atoms with van der Waals surface area (Å²) >= 11 is 0. The minimum absolute atomic E-state index is 0.158. The maximum absolute atomic E-state index is 5.16. The Kier molecular flexibility index (Phi) is 4.76. The summed E-state index contributed by atoms with van der Waals surface area (Å²) in [5.41, 5.74) is 1.18. The van der Waals surface area contributed by atoms with E-state index in [-0.39, 0.29) is 6.04 Å². The number of nitrogens with zero attached hydrogens (tertiary/aromatic N) is 2. The first-order chi connectivity index (χ1) is 9.72. The van der Waals surface area contributed by atoms with Gasteiger partial charge in [0.1, 0.15) is 23.7 Å². The second kappa shape index (κ2) is 6.75. The molecular weight excluding hydrogens is 252 g/mol. The lowest BCUT2D eigenvalue weighted by atomic mass is 10.1. The maximum Gasteiger partial charge on any atom is 0.131 e. The Morgan fingerprint density at radius 1 is 1.15 bits per heavy atom. The van der Waals surface area contributed by atoms with Gasteiger partial charge >= 0.3 is 0 Å². The molecule has 0 radical (unpaired) electrons. The van der Waals surface area contributed by atoms with Crippen LogP contribution in [0.1, 0.15) is 25.5 Å². The monoisotopic (exact) mass is 272 g/mol. The first-order valence-corrected chi connectivity index (χ1v) is 6.69. The van der Waals surface area contributed by atoms with E-state index in [0.29, 0.717) is 0 Å². The van der Waals surface area contributed by atoms with Crippen LogP contribution in [0.5, 0.6) is 5.75 Å². The Labute approximate surface area is 119 Å². The topological polar surface area (TPSA) is 59.1 Å². The van der Waals surface area contributed by atoms with Crippen LogP contribution in [0.4, 0.5) is 11.6 Å². The number of hydrogen-bond donors (Lipinski definition) is 2. The van der Waals surface area contributed by atoms with Crippen molar-refractivity contribution < 1.29 is 4.74 Å². The summed E-state index contributed by atoms with van der Waals surface area (Å²) < 4.78 is 5.16. The van der Waals surface area contributed by atoms with E-state index in [9.17, 15) is 0 Å². The molecule has 1 unspecified atom stereocenters. The van der Waals surface area contributed by atoms with Gasteiger partial charge in [0.25, 0.3) is 0 Å². The number of methoxy groups -OCH3 is 1. The van der Waals surface area contributed by atoms with Crippen LogP contribution in [-0.4, -0.2) is 23.6 Å². The molecule has 0 saturated heterocycles. The van der Waals surface area contributed by atoms with E-state index in [1.807, 2.05) is 37.3 Å². The van der Waals surface area contributed by atoms with Crippen molar-refractivity contribution >= 4 is 11.6 Å². The molecule has 20 heavy (non-hydrogen) atoms. The van der Waals surface area contributed by atoms with Gasteiger partial charge in [-0.25, -0.2) is 9.97 Å². The van der Waals surface area contributed by atoms with Crippen molar-refractivity contribution in [3.8, 4) is 5.75 Å². The molecule has 2 aromatic rings. The molecule has 0 fully saturated rings. The van der Waals surface area contributed by atoms with Crippen molar-refractivity contribution in [2.45, 2.75) is 19.9 Å². The molecule has 1 atom stereocenters. The molecule has 1 heterocycles. The number of hydrogen-bond acceptors (Lipinski definition) is 5. The predicted molar refractivity (Wildman–Crippen MR) is 81.2 cm³/mol. The van der Waals surface area contributed by atoms with E-state index in [1.165, 1.54) is 5.56 Å². The van der Waals surface area contributed by atoms with Crippen LogP contribution in [0, 0.1) is 0 Å². The average molecular weight is 272 g/mol. The second-order valence-corrected chi connectivity index (χ2v) is 4.46. The van der Waals surface area contributed by atoms with Crippen LogP contribution in [0.15, 0.2) is 36.7 Å². The fourth-order valence-corrected chi connectivity index (χ4v) is 1.91. The Morgan fingerprint density at radius 3 is 2.50 bits per heavy atom. The third kappa shape index (κ3) is 3.60. The molecule has 0 aliphatic rings. The molecule has 106 valence electrons. The van der Waals surface area contributed by atoms with Gasteiger partial charge in [-0.1, -0.05) is 12.1 Å². The van der Waals surface area contributed by atoms with E-state index in [2.05, 4.69) is 27.5 Å². The van der Waals surface area contributed by atoms with E-state index >= 15 is 0 Å². The first-order valence-electron chi connectivity index (χ1n) is 6.69. The number of aromatic nitrogens is 2. The lowest BCUT2D eigenvalue weighted by Crippen LogP contribution is -2.09. The Hall–Kier alpha value is -2.30. The van der Waals surface area contributed by atoms with Gasteiger partial charge in [-0.3, -0.25) is 0 Å². The van der Waals surface area contributed by atoms with Crippen molar-refractivity contribution in [1.29, 1.82) is 0 Å². The highest BCUT2D eigenvalue weighted by Crippen LogP contribution is 2.21. The summed E-state index contributed by atoms with van der Waals surface area (Å²) in [7, 11) is 1.67. The van der Waals surface area contributed by atoms with Gasteiger partial charge in [0.2, 0.25) is 0 Å². The SMILES string of the molecule is CCNc1cc(NC(C)c2ccc(OC)cc2)ncn1. The van der Waals surface area contributed by atoms with E-state index in [4.69, 9.17) is 4.74 Å². The van der Waals surface area contributed by atoms with Crippen molar-refractivity contribution in [2.24, 2.45) is 0 Å². The Balaban J connectivity index is 2.06. The zero-order chi connectivity index (χ0) is 14.4. The first kappa shape index (κ1) is 14.1. The minimum Gasteiger partial charge on any atom is -0.497 e. The number of nitrogens with one attached hydrogen (secondary N) is 2. The summed E-state index contributed by atoms with van der Waals surface area (Å²) in [4.78, 5) is 8.39. The maximum atomic E-state index is 5.16. The lowest BCUT2D eigenvalue weighted by molar-refractivity contribution is 0.414. The van der Waals surface area contributed by atoms with Crippen LogP contribution < -0.4 is 15.4 Å². The van der Waals surface area contributed by atoms with Crippen LogP contribution in [0.25, 0.3) is 0 Å². The molecular formula is C15H20N4O. The van der Waals surface area contributed by atoms with Gasteiger partial charge in [0.15, 0.2) is 0 Å². The molecule has 0 saturated carbocycles. The van der Waals surface area contributed by atoms with E-state index in [0.717, 1.165) is 23.9 Å². The summed E-state index contributed by atoms with van der Waals surface area (Å²) in [6.07, 6.45) is 1.56. The van der Waals surface area contributed by atoms with Crippen LogP contribution in [-0.2, 0) is 0 Å². The second-order valence-electron chi connectivity index (χ2n) is 4.46. The smallest absolute Gasteiger partial charge is 0.131 e. The summed E-state index contributed by atoms with van der Waals surface area (Å²) in [6, 6.07) is 10.1. The largest absolute Gasteiger partial charge is 0.497 e. The summed E-state index contributed by atoms with van der Waals surface area (Å²) in [6.45, 7) is 4.97. The zero-order valence-corrected chi connectivity index (χ0v) is 12.1. The minimum atomic E-state index is 0.158. The van der Waals surface area contributed by atoms with Gasteiger partial charge < -0.3 is 15.4 Å². The third-order valence-corrected chi connectivity index (χ3v) is 3.01. The molecule has 2 N–H and O–H groups in total. The molecule has 5 nitrogen and oxygen atoms in total. The number of rotatable bonds is 6. The highest BCUT2D eigenvalue weighted by Gasteiger charge is 2.07. The van der Waals surface area contributed by atoms with Gasteiger partial charge in [-0.15, -0.1) is 0 Å². The lowest BCUT2D eigenvalue weighted by Gasteiger charge is -2.15. The molecule has 0 amide bonds. The highest BCUT2D eigenvalue weighted by molar-refractivity contribution is 5.47. The van der Waals surface area contributed by atoms with Crippen LogP contribution in [0.3, 0.4) is 0 Å². The van der Waals surface area contributed by atoms with Crippen molar-refractivity contribution in [3.63, 3.8) is 0 Å². The number of anilines is 2. The van der Waals surface area contributed by atoms with Gasteiger partial charge in [0, 0.05) is 18.7 Å². The van der Waals surface area contributed by atoms with Gasteiger partial charge in [0.05, 0.1) is 7.11 Å². The fourth-order valence-electron chi connectivity index (χ4n) is 1.91. The van der Waals surface area contributed by atoms with Crippen molar-refractivity contribution in [2.75, 3.05) is 24.3 Å². The Morgan fingerprint density at radius 2 is 1.85 bits per heavy atom. The molecule has 1 aromatic carbocycles. The summed E-state index contributed by atoms with van der Waals surface area (Å²) in [5.74, 6) is 2.49. The summed E-state index contributed by atoms with van der Waals surface area (Å²) in [5, 5.41) is 6.53. The molecule has 0 spiro atoms. The molecule has 0 aliphatic heterocycles. The molecule has 5 heteroatoms. The van der Waals surface area contributed by atoms with Crippen LogP contribution >= 0.6 is 0 Å². The Bertz CT molecular complexity index is 542. The van der Waals surface area contributed by atoms with Crippen molar-refractivity contribution in [3.05, 3.63) is 42.2 Å². The highest BCUT2D eigenvalue weighted by atomic mass is 16.5. The van der Waals surface area contributed by atoms with E-state index in [1.54, 1.807) is 13.4 Å². The number of ether oxygens (including phenoxy) is 1. The quantitative estimate of drug-likeness (QED) is 0.846. The zero-order valence-electron chi connectivity index (χ0n) is 12.1. The molecule has 2 rings (SSSR count). The predicted octanol–water partition coefficient (Wildman–Crippen LogP) is 3.09. The number of benzene rings is 1. The van der Waals surface area contributed by atoms with Crippen LogP contribution in [0.2, 0.25) is 0 Å². The molecule has 0 aliphatic carbocycles. The normalized spacial score (nSPS) is 11.8. The standard InChI is InChI=1S/C15H20N4O/c1-4-16-14-9-15(18-10-17-14)19-11(2)12-5-7-13(20-3)8-6-12/h5-11H,4H2,1-3H3,(H2,16,17,18,19). The third-order valence-electron chi connectivity index (χ3n) is 3.01. The fraction of sp³-hybridized carbons (Fsp3) is 0.333. The van der Waals surface area contributed by atoms with E-state index < -0.39 is 0 Å². The van der Waals surface area contributed by atoms with Crippen molar-refractivity contribution in [1.82, 2.24) is 9.97 Å². The van der Waals surface area contributed by atoms with Gasteiger partial charge in [-0.05, 0) is 31.5 Å². The van der Waals surface area contributed by atoms with Gasteiger partial charge in [-0.2, -0.15) is 0 Å². The average Bonchev–Trinajstić information content (AvgIpc) is 2.48.